The van der Waals surface area contributed by atoms with Crippen LogP contribution in [0.4, 0.5) is 5.82 Å². The lowest BCUT2D eigenvalue weighted by Crippen LogP contribution is -2.15. The van der Waals surface area contributed by atoms with Crippen molar-refractivity contribution in [3.63, 3.8) is 0 Å². The van der Waals surface area contributed by atoms with E-state index in [0.717, 1.165) is 5.69 Å². The second-order valence-electron chi connectivity index (χ2n) is 4.54. The van der Waals surface area contributed by atoms with Crippen LogP contribution in [0.2, 0.25) is 5.02 Å². The van der Waals surface area contributed by atoms with E-state index in [9.17, 15) is 4.79 Å². The molecule has 19 heavy (non-hydrogen) atoms. The van der Waals surface area contributed by atoms with Gasteiger partial charge in [-0.3, -0.25) is 14.5 Å². The minimum atomic E-state index is -0.272. The number of anilines is 1. The van der Waals surface area contributed by atoms with Gasteiger partial charge in [-0.25, -0.2) is 0 Å². The minimum Gasteiger partial charge on any atom is -0.307 e. The summed E-state index contributed by atoms with van der Waals surface area (Å²) in [6.45, 7) is 4.10. The van der Waals surface area contributed by atoms with Gasteiger partial charge in [0.1, 0.15) is 5.82 Å². The van der Waals surface area contributed by atoms with Gasteiger partial charge in [0.25, 0.3) is 5.91 Å². The molecule has 0 radical (unpaired) electrons. The second kappa shape index (κ2) is 5.40. The summed E-state index contributed by atoms with van der Waals surface area (Å²) in [5, 5.41) is 7.45. The van der Waals surface area contributed by atoms with Crippen LogP contribution in [0, 0.1) is 0 Å². The third-order valence-electron chi connectivity index (χ3n) is 2.75. The first-order valence-electron chi connectivity index (χ1n) is 5.94. The van der Waals surface area contributed by atoms with E-state index in [4.69, 9.17) is 11.6 Å². The van der Waals surface area contributed by atoms with Crippen LogP contribution in [0.3, 0.4) is 0 Å². The quantitative estimate of drug-likeness (QED) is 0.939. The Hall–Kier alpha value is -1.88. The van der Waals surface area contributed by atoms with Gasteiger partial charge in [-0.1, -0.05) is 25.4 Å². The Morgan fingerprint density at radius 1 is 1.47 bits per heavy atom. The van der Waals surface area contributed by atoms with E-state index in [0.29, 0.717) is 22.3 Å². The number of aromatic nitrogens is 3. The highest BCUT2D eigenvalue weighted by atomic mass is 35.5. The number of aryl methyl sites for hydroxylation is 1. The molecule has 1 amide bonds. The van der Waals surface area contributed by atoms with Crippen molar-refractivity contribution in [2.24, 2.45) is 7.05 Å². The third kappa shape index (κ3) is 2.93. The number of rotatable bonds is 3. The Morgan fingerprint density at radius 3 is 2.79 bits per heavy atom. The average Bonchev–Trinajstić information content (AvgIpc) is 2.71. The molecule has 0 unspecified atom stereocenters. The predicted molar refractivity (Wildman–Crippen MR) is 74.5 cm³/mol. The Labute approximate surface area is 116 Å². The molecule has 2 rings (SSSR count). The maximum Gasteiger partial charge on any atom is 0.258 e. The molecule has 100 valence electrons. The number of amides is 1. The summed E-state index contributed by atoms with van der Waals surface area (Å²) >= 11 is 5.94. The van der Waals surface area contributed by atoms with Crippen LogP contribution in [-0.4, -0.2) is 20.7 Å². The van der Waals surface area contributed by atoms with Crippen molar-refractivity contribution < 1.29 is 4.79 Å². The lowest BCUT2D eigenvalue weighted by Gasteiger charge is -2.05. The smallest absolute Gasteiger partial charge is 0.258 e. The van der Waals surface area contributed by atoms with Gasteiger partial charge in [0, 0.05) is 25.5 Å². The molecule has 0 bridgehead atoms. The first-order chi connectivity index (χ1) is 8.99. The normalized spacial score (nSPS) is 10.8. The summed E-state index contributed by atoms with van der Waals surface area (Å²) in [7, 11) is 1.79. The molecule has 0 fully saturated rings. The Morgan fingerprint density at radius 2 is 2.21 bits per heavy atom. The first kappa shape index (κ1) is 13.5. The number of nitrogens with zero attached hydrogens (tertiary/aromatic N) is 3. The van der Waals surface area contributed by atoms with Crippen LogP contribution >= 0.6 is 11.6 Å². The van der Waals surface area contributed by atoms with E-state index >= 15 is 0 Å². The maximum absolute atomic E-state index is 12.1. The molecule has 0 aliphatic rings. The topological polar surface area (TPSA) is 59.8 Å². The summed E-state index contributed by atoms with van der Waals surface area (Å²) in [6.07, 6.45) is 2.98. The summed E-state index contributed by atoms with van der Waals surface area (Å²) in [5.74, 6) is 0.675. The Bertz CT molecular complexity index is 606. The lowest BCUT2D eigenvalue weighted by atomic mass is 10.1. The Kier molecular flexibility index (Phi) is 3.85. The fourth-order valence-corrected chi connectivity index (χ4v) is 1.84. The van der Waals surface area contributed by atoms with E-state index in [-0.39, 0.29) is 5.91 Å². The zero-order valence-corrected chi connectivity index (χ0v) is 11.8. The van der Waals surface area contributed by atoms with Gasteiger partial charge in [-0.05, 0) is 12.0 Å². The van der Waals surface area contributed by atoms with Gasteiger partial charge < -0.3 is 5.32 Å². The molecule has 0 aromatic carbocycles. The molecule has 5 nitrogen and oxygen atoms in total. The van der Waals surface area contributed by atoms with Gasteiger partial charge in [-0.15, -0.1) is 0 Å². The molecular weight excluding hydrogens is 264 g/mol. The van der Waals surface area contributed by atoms with Gasteiger partial charge in [0.15, 0.2) is 0 Å². The van der Waals surface area contributed by atoms with Gasteiger partial charge in [0.2, 0.25) is 0 Å². The van der Waals surface area contributed by atoms with Crippen molar-refractivity contribution in [1.29, 1.82) is 0 Å². The molecule has 2 aromatic rings. The molecule has 0 spiro atoms. The van der Waals surface area contributed by atoms with Crippen molar-refractivity contribution in [1.82, 2.24) is 14.8 Å². The third-order valence-corrected chi connectivity index (χ3v) is 3.05. The van der Waals surface area contributed by atoms with E-state index in [1.807, 2.05) is 19.9 Å². The van der Waals surface area contributed by atoms with Gasteiger partial charge in [0.05, 0.1) is 16.3 Å². The number of hydrogen-bond donors (Lipinski definition) is 1. The summed E-state index contributed by atoms with van der Waals surface area (Å²) < 4.78 is 1.64. The molecule has 2 heterocycles. The SMILES string of the molecule is CC(C)c1cc(NC(=O)c2ccncc2Cl)n(C)n1. The number of nitrogens with one attached hydrogen (secondary N) is 1. The highest BCUT2D eigenvalue weighted by Crippen LogP contribution is 2.19. The van der Waals surface area contributed by atoms with Crippen LogP contribution in [-0.2, 0) is 7.05 Å². The van der Waals surface area contributed by atoms with Crippen molar-refractivity contribution in [3.05, 3.63) is 40.8 Å². The van der Waals surface area contributed by atoms with E-state index in [1.54, 1.807) is 17.8 Å². The first-order valence-corrected chi connectivity index (χ1v) is 6.31. The van der Waals surface area contributed by atoms with E-state index in [1.165, 1.54) is 12.4 Å². The number of pyridine rings is 1. The van der Waals surface area contributed by atoms with Crippen LogP contribution < -0.4 is 5.32 Å². The predicted octanol–water partition coefficient (Wildman–Crippen LogP) is 2.84. The Balaban J connectivity index is 2.22. The average molecular weight is 279 g/mol. The highest BCUT2D eigenvalue weighted by molar-refractivity contribution is 6.34. The highest BCUT2D eigenvalue weighted by Gasteiger charge is 2.14. The zero-order valence-electron chi connectivity index (χ0n) is 11.0. The number of hydrogen-bond acceptors (Lipinski definition) is 3. The van der Waals surface area contributed by atoms with Crippen molar-refractivity contribution in [2.75, 3.05) is 5.32 Å². The van der Waals surface area contributed by atoms with Crippen LogP contribution in [0.25, 0.3) is 0 Å². The van der Waals surface area contributed by atoms with Gasteiger partial charge >= 0.3 is 0 Å². The molecule has 0 aliphatic heterocycles. The molecule has 0 atom stereocenters. The summed E-state index contributed by atoms with van der Waals surface area (Å²) in [6, 6.07) is 3.44. The van der Waals surface area contributed by atoms with Crippen molar-refractivity contribution in [3.8, 4) is 0 Å². The fourth-order valence-electron chi connectivity index (χ4n) is 1.63. The number of carbonyl (C=O) groups is 1. The number of halogens is 1. The molecule has 0 aliphatic carbocycles. The molecule has 1 N–H and O–H groups in total. The van der Waals surface area contributed by atoms with Crippen LogP contribution in [0.1, 0.15) is 35.8 Å². The fraction of sp³-hybridized carbons (Fsp3) is 0.308. The largest absolute Gasteiger partial charge is 0.307 e. The molecule has 0 saturated heterocycles. The number of carbonyl (C=O) groups excluding carboxylic acids is 1. The summed E-state index contributed by atoms with van der Waals surface area (Å²) in [5.41, 5.74) is 1.32. The molecule has 2 aromatic heterocycles. The minimum absolute atomic E-state index is 0.272. The molecule has 6 heteroatoms. The summed E-state index contributed by atoms with van der Waals surface area (Å²) in [4.78, 5) is 16.0. The van der Waals surface area contributed by atoms with E-state index in [2.05, 4.69) is 15.4 Å². The monoisotopic (exact) mass is 278 g/mol. The van der Waals surface area contributed by atoms with Gasteiger partial charge in [-0.2, -0.15) is 5.10 Å². The van der Waals surface area contributed by atoms with Crippen LogP contribution in [0.15, 0.2) is 24.5 Å². The standard InChI is InChI=1S/C13H15ClN4O/c1-8(2)11-6-12(18(3)17-11)16-13(19)9-4-5-15-7-10(9)14/h4-8H,1-3H3,(H,16,19). The van der Waals surface area contributed by atoms with Crippen molar-refractivity contribution in [2.45, 2.75) is 19.8 Å². The second-order valence-corrected chi connectivity index (χ2v) is 4.95. The lowest BCUT2D eigenvalue weighted by molar-refractivity contribution is 0.102. The molecular formula is C13H15ClN4O. The maximum atomic E-state index is 12.1. The zero-order chi connectivity index (χ0) is 14.0. The van der Waals surface area contributed by atoms with E-state index < -0.39 is 0 Å². The van der Waals surface area contributed by atoms with Crippen molar-refractivity contribution >= 4 is 23.3 Å². The van der Waals surface area contributed by atoms with Crippen LogP contribution in [0.5, 0.6) is 0 Å². The molecule has 0 saturated carbocycles.